The lowest BCUT2D eigenvalue weighted by Crippen LogP contribution is -2.52. The van der Waals surface area contributed by atoms with Gasteiger partial charge in [0, 0.05) is 16.9 Å². The van der Waals surface area contributed by atoms with Gasteiger partial charge in [0.2, 0.25) is 0 Å². The van der Waals surface area contributed by atoms with Crippen LogP contribution in [0.1, 0.15) is 58.8 Å². The van der Waals surface area contributed by atoms with Crippen LogP contribution in [-0.4, -0.2) is 15.6 Å². The van der Waals surface area contributed by atoms with Gasteiger partial charge in [-0.3, -0.25) is 0 Å². The molecule has 0 amide bonds. The number of hydrogen-bond acceptors (Lipinski definition) is 2. The van der Waals surface area contributed by atoms with Crippen LogP contribution in [0.4, 0.5) is 0 Å². The fraction of sp³-hybridized carbons (Fsp3) is 0.810. The molecule has 1 unspecified atom stereocenters. The molecule has 1 aliphatic heterocycles. The minimum atomic E-state index is 0.414. The molecule has 4 aliphatic carbocycles. The van der Waals surface area contributed by atoms with Crippen molar-refractivity contribution in [3.05, 3.63) is 23.8 Å². The summed E-state index contributed by atoms with van der Waals surface area (Å²) in [6.07, 6.45) is 17.7. The van der Waals surface area contributed by atoms with Gasteiger partial charge in [-0.15, -0.1) is 23.5 Å². The second-order valence-electron chi connectivity index (χ2n) is 9.24. The highest BCUT2D eigenvalue weighted by molar-refractivity contribution is 8.21. The van der Waals surface area contributed by atoms with Crippen molar-refractivity contribution in [1.82, 2.24) is 0 Å². The summed E-state index contributed by atoms with van der Waals surface area (Å²) in [6.45, 7) is 5.19. The molecule has 5 atom stereocenters. The van der Waals surface area contributed by atoms with Gasteiger partial charge in [-0.05, 0) is 68.1 Å². The predicted molar refractivity (Wildman–Crippen MR) is 104 cm³/mol. The molecule has 1 heterocycles. The van der Waals surface area contributed by atoms with E-state index in [4.69, 9.17) is 0 Å². The first-order chi connectivity index (χ1) is 11.0. The van der Waals surface area contributed by atoms with Crippen molar-refractivity contribution in [2.75, 3.05) is 11.5 Å². The number of rotatable bonds is 0. The van der Waals surface area contributed by atoms with Crippen LogP contribution < -0.4 is 0 Å². The lowest BCUT2D eigenvalue weighted by Gasteiger charge is -2.60. The van der Waals surface area contributed by atoms with Crippen LogP contribution in [0.2, 0.25) is 0 Å². The van der Waals surface area contributed by atoms with E-state index in [2.05, 4.69) is 55.6 Å². The first kappa shape index (κ1) is 15.4. The third-order valence-corrected chi connectivity index (χ3v) is 11.9. The van der Waals surface area contributed by atoms with E-state index in [9.17, 15) is 0 Å². The lowest BCUT2D eigenvalue weighted by atomic mass is 9.46. The van der Waals surface area contributed by atoms with Crippen molar-refractivity contribution < 1.29 is 0 Å². The van der Waals surface area contributed by atoms with Gasteiger partial charge in [0.1, 0.15) is 0 Å². The fourth-order valence-corrected chi connectivity index (χ4v) is 10.3. The molecule has 126 valence electrons. The normalized spacial score (nSPS) is 50.3. The van der Waals surface area contributed by atoms with Gasteiger partial charge in [0.25, 0.3) is 0 Å². The van der Waals surface area contributed by atoms with Crippen molar-refractivity contribution in [3.63, 3.8) is 0 Å². The highest BCUT2D eigenvalue weighted by Crippen LogP contribution is 2.68. The Labute approximate surface area is 150 Å². The van der Waals surface area contributed by atoms with Crippen molar-refractivity contribution >= 4 is 23.5 Å². The van der Waals surface area contributed by atoms with E-state index in [0.717, 1.165) is 17.8 Å². The Hall–Kier alpha value is 0.180. The highest BCUT2D eigenvalue weighted by Gasteiger charge is 2.58. The fourth-order valence-electron chi connectivity index (χ4n) is 6.88. The Bertz CT molecular complexity index is 570. The maximum absolute atomic E-state index is 2.69. The van der Waals surface area contributed by atoms with E-state index in [1.165, 1.54) is 56.5 Å². The molecule has 4 fully saturated rings. The summed E-state index contributed by atoms with van der Waals surface area (Å²) in [7, 11) is 0. The summed E-state index contributed by atoms with van der Waals surface area (Å²) in [5, 5.41) is 0. The zero-order valence-corrected chi connectivity index (χ0v) is 16.3. The topological polar surface area (TPSA) is 0 Å². The predicted octanol–water partition coefficient (Wildman–Crippen LogP) is 6.29. The van der Waals surface area contributed by atoms with E-state index in [0.29, 0.717) is 14.9 Å². The van der Waals surface area contributed by atoms with Crippen molar-refractivity contribution in [2.24, 2.45) is 28.6 Å². The molecule has 1 spiro atoms. The first-order valence-electron chi connectivity index (χ1n) is 9.73. The summed E-state index contributed by atoms with van der Waals surface area (Å²) in [4.78, 5) is 0. The monoisotopic (exact) mass is 346 g/mol. The smallest absolute Gasteiger partial charge is 0.0614 e. The van der Waals surface area contributed by atoms with Crippen LogP contribution in [0.25, 0.3) is 0 Å². The van der Waals surface area contributed by atoms with E-state index >= 15 is 0 Å². The molecule has 1 saturated heterocycles. The largest absolute Gasteiger partial charge is 0.143 e. The Morgan fingerprint density at radius 1 is 1.00 bits per heavy atom. The Morgan fingerprint density at radius 2 is 1.83 bits per heavy atom. The third-order valence-electron chi connectivity index (χ3n) is 8.28. The van der Waals surface area contributed by atoms with Crippen LogP contribution in [0.3, 0.4) is 0 Å². The molecule has 0 nitrogen and oxygen atoms in total. The van der Waals surface area contributed by atoms with Gasteiger partial charge in [0.15, 0.2) is 0 Å². The zero-order chi connectivity index (χ0) is 15.7. The number of hydrogen-bond donors (Lipinski definition) is 0. The summed E-state index contributed by atoms with van der Waals surface area (Å²) < 4.78 is 0.619. The van der Waals surface area contributed by atoms with Crippen LogP contribution in [0.15, 0.2) is 23.8 Å². The molecule has 0 aromatic heterocycles. The molecule has 5 rings (SSSR count). The Balaban J connectivity index is 1.44. The molecule has 0 radical (unpaired) electrons. The highest BCUT2D eigenvalue weighted by atomic mass is 32.2. The molecule has 0 N–H and O–H groups in total. The molecule has 0 aromatic rings. The van der Waals surface area contributed by atoms with Crippen LogP contribution in [0.5, 0.6) is 0 Å². The van der Waals surface area contributed by atoms with E-state index in [-0.39, 0.29) is 0 Å². The van der Waals surface area contributed by atoms with Gasteiger partial charge >= 0.3 is 0 Å². The molecular formula is C21H30S2. The standard InChI is InChI=1S/C21H30S2/c1-19-8-3-4-17(19)16-6-5-15-14-21(22-12-13-23-21)11-10-20(15,2)18(16)7-9-19/h3-4,8,15-16,18H,5-7,9-14H2,1-2H3/t15?,16-,18-,19-,20-/m0/s1. The molecule has 5 aliphatic rings. The molecule has 0 aromatic carbocycles. The van der Waals surface area contributed by atoms with Crippen LogP contribution in [-0.2, 0) is 0 Å². The number of thioether (sulfide) groups is 2. The minimum Gasteiger partial charge on any atom is -0.143 e. The molecular weight excluding hydrogens is 316 g/mol. The van der Waals surface area contributed by atoms with Gasteiger partial charge in [0.05, 0.1) is 4.08 Å². The van der Waals surface area contributed by atoms with Crippen LogP contribution >= 0.6 is 23.5 Å². The quantitative estimate of drug-likeness (QED) is 0.505. The summed E-state index contributed by atoms with van der Waals surface area (Å²) in [5.74, 6) is 5.65. The second kappa shape index (κ2) is 5.10. The van der Waals surface area contributed by atoms with Gasteiger partial charge < -0.3 is 0 Å². The third kappa shape index (κ3) is 2.13. The van der Waals surface area contributed by atoms with E-state index < -0.39 is 0 Å². The zero-order valence-electron chi connectivity index (χ0n) is 14.6. The van der Waals surface area contributed by atoms with Gasteiger partial charge in [-0.1, -0.05) is 37.6 Å². The molecule has 0 bridgehead atoms. The second-order valence-corrected chi connectivity index (χ2v) is 12.5. The molecule has 2 heteroatoms. The average Bonchev–Trinajstić information content (AvgIpc) is 3.15. The van der Waals surface area contributed by atoms with E-state index in [1.54, 1.807) is 5.57 Å². The summed E-state index contributed by atoms with van der Waals surface area (Å²) in [6, 6.07) is 0. The minimum absolute atomic E-state index is 0.414. The Morgan fingerprint density at radius 3 is 2.65 bits per heavy atom. The van der Waals surface area contributed by atoms with Gasteiger partial charge in [-0.2, -0.15) is 0 Å². The molecule has 23 heavy (non-hydrogen) atoms. The van der Waals surface area contributed by atoms with Crippen molar-refractivity contribution in [1.29, 1.82) is 0 Å². The SMILES string of the molecule is C[C@@]12C=CC=C1[C@@H]1CCC3CC4(CC[C@]3(C)[C@H]1CC2)SCCS4. The number of fused-ring (bicyclic) bond motifs is 5. The van der Waals surface area contributed by atoms with Gasteiger partial charge in [-0.25, -0.2) is 0 Å². The summed E-state index contributed by atoms with van der Waals surface area (Å²) >= 11 is 4.61. The number of allylic oxidation sites excluding steroid dienone is 4. The average molecular weight is 347 g/mol. The van der Waals surface area contributed by atoms with Crippen molar-refractivity contribution in [2.45, 2.75) is 62.9 Å². The maximum atomic E-state index is 2.69. The maximum Gasteiger partial charge on any atom is 0.0614 e. The first-order valence-corrected chi connectivity index (χ1v) is 11.7. The van der Waals surface area contributed by atoms with Crippen molar-refractivity contribution in [3.8, 4) is 0 Å². The summed E-state index contributed by atoms with van der Waals surface area (Å²) in [5.41, 5.74) is 2.85. The van der Waals surface area contributed by atoms with Crippen LogP contribution in [0, 0.1) is 28.6 Å². The molecule has 3 saturated carbocycles. The lowest BCUT2D eigenvalue weighted by molar-refractivity contribution is -0.0479. The Kier molecular flexibility index (Phi) is 3.42. The van der Waals surface area contributed by atoms with E-state index in [1.807, 2.05) is 0 Å².